The zero-order valence-corrected chi connectivity index (χ0v) is 16.8. The molecule has 1 saturated carbocycles. The largest absolute Gasteiger partial charge is 0.496 e. The third-order valence-electron chi connectivity index (χ3n) is 5.45. The summed E-state index contributed by atoms with van der Waals surface area (Å²) in [7, 11) is 1.48. The van der Waals surface area contributed by atoms with Crippen molar-refractivity contribution in [3.8, 4) is 5.75 Å². The van der Waals surface area contributed by atoms with Crippen molar-refractivity contribution in [3.63, 3.8) is 0 Å². The first-order chi connectivity index (χ1) is 13.3. The number of carboxylic acid groups (broad SMARTS) is 1. The zero-order valence-electron chi connectivity index (χ0n) is 16.8. The van der Waals surface area contributed by atoms with Crippen molar-refractivity contribution >= 4 is 17.8 Å². The Morgan fingerprint density at radius 1 is 1.14 bits per heavy atom. The minimum atomic E-state index is -0.915. The summed E-state index contributed by atoms with van der Waals surface area (Å²) in [4.78, 5) is 37.2. The van der Waals surface area contributed by atoms with Crippen LogP contribution in [-0.2, 0) is 9.59 Å². The molecule has 0 radical (unpaired) electrons. The maximum Gasteiger partial charge on any atom is 0.311 e. The first-order valence-electron chi connectivity index (χ1n) is 9.76. The van der Waals surface area contributed by atoms with Crippen molar-refractivity contribution in [3.05, 3.63) is 29.8 Å². The van der Waals surface area contributed by atoms with Crippen LogP contribution in [0.1, 0.15) is 56.3 Å². The molecule has 2 amide bonds. The Hall–Kier alpha value is -2.57. The fourth-order valence-electron chi connectivity index (χ4n) is 3.65. The molecule has 1 fully saturated rings. The van der Waals surface area contributed by atoms with E-state index >= 15 is 0 Å². The number of hydrogen-bond donors (Lipinski definition) is 3. The van der Waals surface area contributed by atoms with Gasteiger partial charge in [0.2, 0.25) is 5.91 Å². The van der Waals surface area contributed by atoms with Crippen molar-refractivity contribution in [2.45, 2.75) is 52.0 Å². The number of methoxy groups -OCH3 is 1. The van der Waals surface area contributed by atoms with Gasteiger partial charge in [-0.15, -0.1) is 0 Å². The molecule has 1 aliphatic carbocycles. The van der Waals surface area contributed by atoms with E-state index in [1.165, 1.54) is 7.11 Å². The van der Waals surface area contributed by atoms with Gasteiger partial charge >= 0.3 is 5.97 Å². The van der Waals surface area contributed by atoms with E-state index in [1.54, 1.807) is 24.3 Å². The van der Waals surface area contributed by atoms with Crippen LogP contribution in [0.15, 0.2) is 24.3 Å². The molecule has 1 aliphatic rings. The Morgan fingerprint density at radius 3 is 2.36 bits per heavy atom. The lowest BCUT2D eigenvalue weighted by molar-refractivity contribution is -0.151. The van der Waals surface area contributed by atoms with Crippen LogP contribution in [0, 0.1) is 11.3 Å². The van der Waals surface area contributed by atoms with Crippen LogP contribution in [0.3, 0.4) is 0 Å². The molecule has 3 N–H and O–H groups in total. The molecule has 1 aromatic rings. The Morgan fingerprint density at radius 2 is 1.79 bits per heavy atom. The van der Waals surface area contributed by atoms with Gasteiger partial charge < -0.3 is 20.5 Å². The Labute approximate surface area is 165 Å². The molecule has 1 unspecified atom stereocenters. The topological polar surface area (TPSA) is 105 Å². The average Bonchev–Trinajstić information content (AvgIpc) is 2.70. The molecular weight excluding hydrogens is 360 g/mol. The lowest BCUT2D eigenvalue weighted by atomic mass is 9.74. The van der Waals surface area contributed by atoms with E-state index in [4.69, 9.17) is 4.74 Å². The average molecular weight is 390 g/mol. The molecule has 154 valence electrons. The van der Waals surface area contributed by atoms with Crippen LogP contribution in [0.2, 0.25) is 0 Å². The summed E-state index contributed by atoms with van der Waals surface area (Å²) in [6.07, 6.45) is 3.83. The molecule has 7 heteroatoms. The predicted octanol–water partition coefficient (Wildman–Crippen LogP) is 2.60. The summed E-state index contributed by atoms with van der Waals surface area (Å²) in [5.41, 5.74) is -0.569. The Balaban J connectivity index is 2.07. The number of aliphatic carboxylic acids is 1. The molecule has 7 nitrogen and oxygen atoms in total. The molecule has 0 heterocycles. The van der Waals surface area contributed by atoms with Crippen molar-refractivity contribution in [1.29, 1.82) is 0 Å². The highest BCUT2D eigenvalue weighted by Gasteiger charge is 2.40. The number of carbonyl (C=O) groups is 3. The molecular formula is C21H30N2O5. The van der Waals surface area contributed by atoms with Crippen LogP contribution >= 0.6 is 0 Å². The quantitative estimate of drug-likeness (QED) is 0.633. The van der Waals surface area contributed by atoms with E-state index in [1.807, 2.05) is 13.8 Å². The number of carbonyl (C=O) groups excluding carboxylic acids is 2. The van der Waals surface area contributed by atoms with E-state index < -0.39 is 23.3 Å². The van der Waals surface area contributed by atoms with Gasteiger partial charge in [-0.05, 0) is 30.9 Å². The number of hydrogen-bond acceptors (Lipinski definition) is 4. The van der Waals surface area contributed by atoms with E-state index in [9.17, 15) is 19.5 Å². The van der Waals surface area contributed by atoms with Gasteiger partial charge in [-0.2, -0.15) is 0 Å². The van der Waals surface area contributed by atoms with Gasteiger partial charge in [-0.25, -0.2) is 0 Å². The number of amides is 2. The third-order valence-corrected chi connectivity index (χ3v) is 5.45. The highest BCUT2D eigenvalue weighted by Crippen LogP contribution is 2.36. The van der Waals surface area contributed by atoms with Gasteiger partial charge in [0.1, 0.15) is 11.8 Å². The summed E-state index contributed by atoms with van der Waals surface area (Å²) >= 11 is 0. The lowest BCUT2D eigenvalue weighted by Crippen LogP contribution is -2.53. The molecule has 2 rings (SSSR count). The molecule has 1 atom stereocenters. The minimum absolute atomic E-state index is 0.0783. The highest BCUT2D eigenvalue weighted by molar-refractivity contribution is 5.99. The first kappa shape index (κ1) is 21.7. The van der Waals surface area contributed by atoms with Crippen molar-refractivity contribution in [1.82, 2.24) is 10.6 Å². The van der Waals surface area contributed by atoms with Crippen LogP contribution in [-0.4, -0.2) is 42.6 Å². The molecule has 1 aromatic carbocycles. The monoisotopic (exact) mass is 390 g/mol. The van der Waals surface area contributed by atoms with E-state index in [0.717, 1.165) is 19.3 Å². The summed E-state index contributed by atoms with van der Waals surface area (Å²) in [5.74, 6) is -1.38. The molecule has 0 aliphatic heterocycles. The van der Waals surface area contributed by atoms with E-state index in [0.29, 0.717) is 24.2 Å². The second-order valence-electron chi connectivity index (χ2n) is 7.76. The first-order valence-corrected chi connectivity index (χ1v) is 9.76. The van der Waals surface area contributed by atoms with Crippen molar-refractivity contribution < 1.29 is 24.2 Å². The summed E-state index contributed by atoms with van der Waals surface area (Å²) < 4.78 is 5.21. The van der Waals surface area contributed by atoms with Crippen LogP contribution in [0.25, 0.3) is 0 Å². The van der Waals surface area contributed by atoms with Crippen molar-refractivity contribution in [2.24, 2.45) is 11.3 Å². The van der Waals surface area contributed by atoms with Crippen molar-refractivity contribution in [2.75, 3.05) is 13.7 Å². The maximum atomic E-state index is 12.8. The van der Waals surface area contributed by atoms with Gasteiger partial charge in [0.15, 0.2) is 0 Å². The second-order valence-corrected chi connectivity index (χ2v) is 7.76. The molecule has 0 bridgehead atoms. The number of nitrogens with one attached hydrogen (secondary N) is 2. The maximum absolute atomic E-state index is 12.8. The minimum Gasteiger partial charge on any atom is -0.496 e. The fraction of sp³-hybridized carbons (Fsp3) is 0.571. The highest BCUT2D eigenvalue weighted by atomic mass is 16.5. The summed E-state index contributed by atoms with van der Waals surface area (Å²) in [6.45, 7) is 3.75. The Kier molecular flexibility index (Phi) is 7.43. The van der Waals surface area contributed by atoms with Crippen LogP contribution in [0.5, 0.6) is 5.75 Å². The van der Waals surface area contributed by atoms with E-state index in [2.05, 4.69) is 10.6 Å². The molecule has 0 saturated heterocycles. The summed E-state index contributed by atoms with van der Waals surface area (Å²) in [5, 5.41) is 15.2. The zero-order chi connectivity index (χ0) is 20.7. The van der Waals surface area contributed by atoms with Gasteiger partial charge in [0.25, 0.3) is 5.91 Å². The number of benzene rings is 1. The standard InChI is InChI=1S/C21H30N2O5/c1-14(2)17(23-18(24)15-9-5-6-10-16(15)28-3)19(25)22-13-21(20(26)27)11-7-4-8-12-21/h5-6,9-10,14,17H,4,7-8,11-13H2,1-3H3,(H,22,25)(H,23,24)(H,26,27). The molecule has 0 spiro atoms. The second kappa shape index (κ2) is 9.57. The third kappa shape index (κ3) is 5.03. The fourth-order valence-corrected chi connectivity index (χ4v) is 3.65. The number of ether oxygens (including phenoxy) is 1. The molecule has 0 aromatic heterocycles. The number of carboxylic acids is 1. The predicted molar refractivity (Wildman–Crippen MR) is 105 cm³/mol. The number of rotatable bonds is 8. The van der Waals surface area contributed by atoms with Gasteiger partial charge in [-0.1, -0.05) is 45.2 Å². The SMILES string of the molecule is COc1ccccc1C(=O)NC(C(=O)NCC1(C(=O)O)CCCCC1)C(C)C. The van der Waals surface area contributed by atoms with Crippen LogP contribution in [0.4, 0.5) is 0 Å². The number of para-hydroxylation sites is 1. The summed E-state index contributed by atoms with van der Waals surface area (Å²) in [6, 6.07) is 6.02. The van der Waals surface area contributed by atoms with Crippen LogP contribution < -0.4 is 15.4 Å². The normalized spacial score (nSPS) is 16.9. The smallest absolute Gasteiger partial charge is 0.311 e. The lowest BCUT2D eigenvalue weighted by Gasteiger charge is -2.34. The van der Waals surface area contributed by atoms with E-state index in [-0.39, 0.29) is 18.4 Å². The van der Waals surface area contributed by atoms with Gasteiger partial charge in [0, 0.05) is 6.54 Å². The van der Waals surface area contributed by atoms with Gasteiger partial charge in [-0.3, -0.25) is 14.4 Å². The van der Waals surface area contributed by atoms with Gasteiger partial charge in [0.05, 0.1) is 18.1 Å². The molecule has 28 heavy (non-hydrogen) atoms. The Bertz CT molecular complexity index is 711.